The number of aromatic nitrogens is 2. The van der Waals surface area contributed by atoms with E-state index in [-0.39, 0.29) is 29.3 Å². The van der Waals surface area contributed by atoms with Crippen LogP contribution in [0.1, 0.15) is 31.3 Å². The van der Waals surface area contributed by atoms with E-state index in [1.165, 1.54) is 34.0 Å². The predicted molar refractivity (Wildman–Crippen MR) is 127 cm³/mol. The van der Waals surface area contributed by atoms with Crippen molar-refractivity contribution in [3.8, 4) is 10.7 Å². The second kappa shape index (κ2) is 8.42. The normalized spacial score (nSPS) is 15.9. The molecule has 0 saturated heterocycles. The number of thiophene rings is 3. The summed E-state index contributed by atoms with van der Waals surface area (Å²) in [6.45, 7) is 0.239. The van der Waals surface area contributed by atoms with Gasteiger partial charge in [-0.2, -0.15) is 0 Å². The number of fused-ring (bicyclic) bond motifs is 3. The molecule has 0 spiro atoms. The number of rotatable bonds is 5. The molecule has 0 bridgehead atoms. The van der Waals surface area contributed by atoms with Crippen LogP contribution in [0.4, 0.5) is 0 Å². The minimum absolute atomic E-state index is 0.0118. The molecular formula is C21H15BrN2O4S3. The number of ketones is 1. The number of aryl methyl sites for hydroxylation is 1. The maximum atomic E-state index is 13.5. The highest BCUT2D eigenvalue weighted by atomic mass is 79.9. The Morgan fingerprint density at radius 2 is 2.03 bits per heavy atom. The molecule has 6 nitrogen and oxygen atoms in total. The van der Waals surface area contributed by atoms with Gasteiger partial charge in [-0.1, -0.05) is 28.1 Å². The number of hydrogen-bond acceptors (Lipinski definition) is 8. The van der Waals surface area contributed by atoms with Gasteiger partial charge < -0.3 is 4.74 Å². The third-order valence-corrected chi connectivity index (χ3v) is 8.81. The van der Waals surface area contributed by atoms with Crippen molar-refractivity contribution in [2.75, 3.05) is 6.61 Å². The van der Waals surface area contributed by atoms with Crippen molar-refractivity contribution in [2.24, 2.45) is 0 Å². The monoisotopic (exact) mass is 534 g/mol. The number of nitrogens with zero attached hydrogens (tertiary/aromatic N) is 2. The lowest BCUT2D eigenvalue weighted by Crippen LogP contribution is -2.27. The summed E-state index contributed by atoms with van der Waals surface area (Å²) >= 11 is 7.52. The van der Waals surface area contributed by atoms with Crippen molar-refractivity contribution in [3.05, 3.63) is 60.7 Å². The molecule has 1 aliphatic rings. The molecule has 4 aromatic heterocycles. The van der Waals surface area contributed by atoms with E-state index in [4.69, 9.17) is 9.72 Å². The van der Waals surface area contributed by atoms with E-state index in [9.17, 15) is 14.4 Å². The molecule has 10 heteroatoms. The standard InChI is InChI=1S/C21H15BrN2O4S3/c22-12-6-5-11-15-19(31-17(11)16(12)25)23-18(13-3-1-9-29-13)24(20(15)26)7-8-28-21(27)14-4-2-10-30-14/h1-4,9-10,12H,5-8H2. The quantitative estimate of drug-likeness (QED) is 0.266. The van der Waals surface area contributed by atoms with Crippen LogP contribution in [-0.4, -0.2) is 32.7 Å². The Morgan fingerprint density at radius 3 is 2.77 bits per heavy atom. The van der Waals surface area contributed by atoms with Crippen LogP contribution < -0.4 is 5.56 Å². The van der Waals surface area contributed by atoms with Crippen molar-refractivity contribution in [2.45, 2.75) is 24.2 Å². The van der Waals surface area contributed by atoms with Crippen LogP contribution in [0.2, 0.25) is 0 Å². The van der Waals surface area contributed by atoms with Crippen LogP contribution in [0.5, 0.6) is 0 Å². The van der Waals surface area contributed by atoms with Gasteiger partial charge in [0.1, 0.15) is 16.3 Å². The fourth-order valence-electron chi connectivity index (χ4n) is 3.62. The first-order valence-corrected chi connectivity index (χ1v) is 13.0. The van der Waals surface area contributed by atoms with Crippen molar-refractivity contribution in [1.29, 1.82) is 0 Å². The maximum Gasteiger partial charge on any atom is 0.348 e. The molecule has 5 rings (SSSR count). The van der Waals surface area contributed by atoms with E-state index in [1.54, 1.807) is 16.7 Å². The smallest absolute Gasteiger partial charge is 0.348 e. The first-order valence-electron chi connectivity index (χ1n) is 9.53. The van der Waals surface area contributed by atoms with E-state index in [1.807, 2.05) is 22.9 Å². The largest absolute Gasteiger partial charge is 0.460 e. The Hall–Kier alpha value is -2.14. The molecule has 4 aromatic rings. The summed E-state index contributed by atoms with van der Waals surface area (Å²) in [5.41, 5.74) is 0.596. The van der Waals surface area contributed by atoms with Gasteiger partial charge in [-0.25, -0.2) is 9.78 Å². The van der Waals surface area contributed by atoms with Crippen molar-refractivity contribution < 1.29 is 14.3 Å². The molecule has 0 amide bonds. The lowest BCUT2D eigenvalue weighted by molar-refractivity contribution is 0.0496. The molecule has 0 aliphatic heterocycles. The minimum Gasteiger partial charge on any atom is -0.460 e. The summed E-state index contributed by atoms with van der Waals surface area (Å²) in [5.74, 6) is 0.135. The molecule has 1 unspecified atom stereocenters. The summed E-state index contributed by atoms with van der Waals surface area (Å²) in [6.07, 6.45) is 1.31. The molecule has 0 radical (unpaired) electrons. The Labute approximate surface area is 197 Å². The number of alkyl halides is 1. The topological polar surface area (TPSA) is 78.3 Å². The van der Waals surface area contributed by atoms with E-state index in [2.05, 4.69) is 15.9 Å². The molecule has 1 atom stereocenters. The van der Waals surface area contributed by atoms with Gasteiger partial charge in [0.15, 0.2) is 11.6 Å². The number of carbonyl (C=O) groups excluding carboxylic acids is 2. The first-order chi connectivity index (χ1) is 15.0. The second-order valence-electron chi connectivity index (χ2n) is 6.94. The zero-order valence-corrected chi connectivity index (χ0v) is 20.0. The van der Waals surface area contributed by atoms with E-state index in [0.29, 0.717) is 38.6 Å². The molecular weight excluding hydrogens is 520 g/mol. The van der Waals surface area contributed by atoms with Crippen molar-refractivity contribution in [3.63, 3.8) is 0 Å². The first kappa shape index (κ1) is 20.7. The van der Waals surface area contributed by atoms with Gasteiger partial charge >= 0.3 is 5.97 Å². The number of Topliss-reactive ketones (excluding diaryl/α,β-unsaturated/α-hetero) is 1. The molecule has 0 fully saturated rings. The zero-order valence-electron chi connectivity index (χ0n) is 16.0. The van der Waals surface area contributed by atoms with Crippen LogP contribution in [0.3, 0.4) is 0 Å². The van der Waals surface area contributed by atoms with Gasteiger partial charge in [0.25, 0.3) is 5.56 Å². The molecule has 0 saturated carbocycles. The van der Waals surface area contributed by atoms with Gasteiger partial charge in [-0.3, -0.25) is 14.2 Å². The average Bonchev–Trinajstić information content (AvgIpc) is 3.52. The van der Waals surface area contributed by atoms with E-state index < -0.39 is 5.97 Å². The maximum absolute atomic E-state index is 13.5. The van der Waals surface area contributed by atoms with Gasteiger partial charge in [-0.05, 0) is 41.3 Å². The number of ether oxygens (including phenoxy) is 1. The summed E-state index contributed by atoms with van der Waals surface area (Å²) in [4.78, 5) is 45.5. The second-order valence-corrected chi connectivity index (χ2v) is 10.9. The fraction of sp³-hybridized carbons (Fsp3) is 0.238. The molecule has 4 heterocycles. The van der Waals surface area contributed by atoms with E-state index >= 15 is 0 Å². The Balaban J connectivity index is 1.56. The highest BCUT2D eigenvalue weighted by Crippen LogP contribution is 2.37. The highest BCUT2D eigenvalue weighted by molar-refractivity contribution is 9.10. The van der Waals surface area contributed by atoms with E-state index in [0.717, 1.165) is 10.4 Å². The average molecular weight is 535 g/mol. The summed E-state index contributed by atoms with van der Waals surface area (Å²) < 4.78 is 6.95. The Bertz CT molecular complexity index is 1340. The lowest BCUT2D eigenvalue weighted by Gasteiger charge is -2.15. The lowest BCUT2D eigenvalue weighted by atomic mass is 9.96. The van der Waals surface area contributed by atoms with Gasteiger partial charge in [0.2, 0.25) is 0 Å². The van der Waals surface area contributed by atoms with Crippen LogP contribution >= 0.6 is 49.9 Å². The summed E-state index contributed by atoms with van der Waals surface area (Å²) in [5, 5.41) is 4.25. The highest BCUT2D eigenvalue weighted by Gasteiger charge is 2.31. The fourth-order valence-corrected chi connectivity index (χ4v) is 6.77. The molecule has 1 aliphatic carbocycles. The van der Waals surface area contributed by atoms with Crippen molar-refractivity contribution in [1.82, 2.24) is 9.55 Å². The van der Waals surface area contributed by atoms with Crippen LogP contribution in [0, 0.1) is 0 Å². The summed E-state index contributed by atoms with van der Waals surface area (Å²) in [6, 6.07) is 7.29. The molecule has 158 valence electrons. The molecule has 0 N–H and O–H groups in total. The molecule has 0 aromatic carbocycles. The Morgan fingerprint density at radius 1 is 1.23 bits per heavy atom. The van der Waals surface area contributed by atoms with Gasteiger partial charge in [-0.15, -0.1) is 34.0 Å². The molecule has 31 heavy (non-hydrogen) atoms. The van der Waals surface area contributed by atoms with Crippen molar-refractivity contribution >= 4 is 71.9 Å². The third kappa shape index (κ3) is 3.71. The van der Waals surface area contributed by atoms with Gasteiger partial charge in [0.05, 0.1) is 26.5 Å². The number of halogens is 1. The van der Waals surface area contributed by atoms with Crippen LogP contribution in [0.15, 0.2) is 39.8 Å². The van der Waals surface area contributed by atoms with Gasteiger partial charge in [0, 0.05) is 0 Å². The number of hydrogen-bond donors (Lipinski definition) is 0. The third-order valence-electron chi connectivity index (χ3n) is 5.08. The Kier molecular flexibility index (Phi) is 5.63. The minimum atomic E-state index is -0.406. The van der Waals surface area contributed by atoms with Crippen LogP contribution in [0.25, 0.3) is 20.9 Å². The predicted octanol–water partition coefficient (Wildman–Crippen LogP) is 5.00. The summed E-state index contributed by atoms with van der Waals surface area (Å²) in [7, 11) is 0. The SMILES string of the molecule is O=C(OCCn1c(-c2cccs2)nc2sc3c(c2c1=O)CCC(Br)C3=O)c1cccs1. The van der Waals surface area contributed by atoms with Crippen LogP contribution in [-0.2, 0) is 17.7 Å². The zero-order chi connectivity index (χ0) is 21.5. The number of carbonyl (C=O) groups is 2. The number of esters is 1.